The number of benzene rings is 2. The second kappa shape index (κ2) is 9.07. The summed E-state index contributed by atoms with van der Waals surface area (Å²) in [7, 11) is -3.78. The van der Waals surface area contributed by atoms with Crippen molar-refractivity contribution < 1.29 is 28.3 Å². The van der Waals surface area contributed by atoms with Crippen molar-refractivity contribution in [2.75, 3.05) is 18.2 Å². The van der Waals surface area contributed by atoms with Crippen molar-refractivity contribution in [3.63, 3.8) is 0 Å². The molecule has 0 aliphatic carbocycles. The molecule has 0 spiro atoms. The highest BCUT2D eigenvalue weighted by atomic mass is 32.2. The summed E-state index contributed by atoms with van der Waals surface area (Å²) in [5.41, 5.74) is 4.53. The van der Waals surface area contributed by atoms with E-state index in [2.05, 4.69) is 10.4 Å². The molecule has 1 aromatic heterocycles. The maximum absolute atomic E-state index is 12.1. The summed E-state index contributed by atoms with van der Waals surface area (Å²) in [6.45, 7) is 0.832. The number of hydrogen-bond donors (Lipinski definition) is 4. The third-order valence-corrected chi connectivity index (χ3v) is 7.44. The van der Waals surface area contributed by atoms with Gasteiger partial charge < -0.3 is 10.4 Å². The molecule has 170 valence electrons. The minimum absolute atomic E-state index is 0.0694. The Hall–Kier alpha value is -3.28. The van der Waals surface area contributed by atoms with Crippen molar-refractivity contribution in [2.45, 2.75) is 24.6 Å². The molecule has 32 heavy (non-hydrogen) atoms. The highest BCUT2D eigenvalue weighted by molar-refractivity contribution is 7.92. The van der Waals surface area contributed by atoms with E-state index in [4.69, 9.17) is 10.3 Å². The van der Waals surface area contributed by atoms with Crippen LogP contribution in [-0.2, 0) is 26.0 Å². The van der Waals surface area contributed by atoms with Crippen molar-refractivity contribution in [3.05, 3.63) is 48.7 Å². The minimum atomic E-state index is -3.78. The second-order valence-corrected chi connectivity index (χ2v) is 10.1. The molecule has 1 heterocycles. The number of aryl methyl sites for hydroxylation is 1. The molecule has 0 saturated heterocycles. The smallest absolute Gasteiger partial charge is 0.264 e. The third kappa shape index (κ3) is 4.79. The summed E-state index contributed by atoms with van der Waals surface area (Å²) < 4.78 is 24.0. The van der Waals surface area contributed by atoms with Crippen LogP contribution in [0.15, 0.2) is 48.7 Å². The monoisotopic (exact) mass is 460 g/mol. The van der Waals surface area contributed by atoms with Gasteiger partial charge in [-0.2, -0.15) is 5.10 Å². The van der Waals surface area contributed by atoms with Crippen LogP contribution in [0.5, 0.6) is 0 Å². The van der Waals surface area contributed by atoms with Crippen molar-refractivity contribution in [1.29, 1.82) is 0 Å². The van der Waals surface area contributed by atoms with E-state index in [0.29, 0.717) is 11.2 Å². The van der Waals surface area contributed by atoms with Crippen LogP contribution in [0.3, 0.4) is 0 Å². The lowest BCUT2D eigenvalue weighted by atomic mass is 10.0. The zero-order chi connectivity index (χ0) is 23.5. The van der Waals surface area contributed by atoms with Crippen LogP contribution in [0.2, 0.25) is 0 Å². The number of fused-ring (bicyclic) bond motifs is 1. The second-order valence-electron chi connectivity index (χ2n) is 7.64. The lowest BCUT2D eigenvalue weighted by Gasteiger charge is -2.24. The number of hydrogen-bond acceptors (Lipinski definition) is 7. The minimum Gasteiger partial charge on any atom is -0.387 e. The number of hydroxylamine groups is 1. The predicted octanol–water partition coefficient (Wildman–Crippen LogP) is 1.33. The molecule has 0 aliphatic rings. The molecule has 10 nitrogen and oxygen atoms in total. The molecule has 3 aromatic rings. The van der Waals surface area contributed by atoms with E-state index < -0.39 is 33.0 Å². The van der Waals surface area contributed by atoms with Gasteiger partial charge in [-0.15, -0.1) is 0 Å². The average Bonchev–Trinajstić information content (AvgIpc) is 3.18. The first-order valence-electron chi connectivity index (χ1n) is 9.70. The number of sulfone groups is 1. The molecule has 1 atom stereocenters. The fraction of sp³-hybridized carbons (Fsp3) is 0.286. The van der Waals surface area contributed by atoms with Crippen molar-refractivity contribution >= 4 is 38.2 Å². The van der Waals surface area contributed by atoms with Gasteiger partial charge in [-0.25, -0.2) is 13.9 Å². The van der Waals surface area contributed by atoms with Gasteiger partial charge in [0, 0.05) is 30.1 Å². The highest BCUT2D eigenvalue weighted by Gasteiger charge is 2.43. The van der Waals surface area contributed by atoms with E-state index >= 15 is 0 Å². The SMILES string of the molecule is C[C@@](CCn1cc2cc(-c3ccc(NC(=O)CO)cc3)ccc2n1)(C(=O)NO)S(C)(=O)=O. The molecule has 4 N–H and O–H groups in total. The van der Waals surface area contributed by atoms with Crippen LogP contribution in [0.1, 0.15) is 13.3 Å². The number of carbonyl (C=O) groups is 2. The molecule has 11 heteroatoms. The highest BCUT2D eigenvalue weighted by Crippen LogP contribution is 2.26. The Morgan fingerprint density at radius 1 is 1.12 bits per heavy atom. The zero-order valence-corrected chi connectivity index (χ0v) is 18.4. The number of rotatable bonds is 8. The average molecular weight is 461 g/mol. The summed E-state index contributed by atoms with van der Waals surface area (Å²) in [6, 6.07) is 12.8. The normalized spacial score (nSPS) is 13.5. The van der Waals surface area contributed by atoms with E-state index in [0.717, 1.165) is 22.8 Å². The van der Waals surface area contributed by atoms with Crippen molar-refractivity contribution in [3.8, 4) is 11.1 Å². The van der Waals surface area contributed by atoms with Gasteiger partial charge in [0.1, 0.15) is 6.61 Å². The van der Waals surface area contributed by atoms with Crippen molar-refractivity contribution in [2.24, 2.45) is 0 Å². The van der Waals surface area contributed by atoms with Crippen LogP contribution in [0, 0.1) is 0 Å². The van der Waals surface area contributed by atoms with Crippen molar-refractivity contribution in [1.82, 2.24) is 15.3 Å². The van der Waals surface area contributed by atoms with Gasteiger partial charge >= 0.3 is 0 Å². The third-order valence-electron chi connectivity index (χ3n) is 5.42. The number of aliphatic hydroxyl groups is 1. The quantitative estimate of drug-likeness (QED) is 0.292. The molecular formula is C21H24N4O6S. The fourth-order valence-corrected chi connectivity index (χ4v) is 4.08. The first-order chi connectivity index (χ1) is 15.1. The van der Waals surface area contributed by atoms with Gasteiger partial charge in [0.25, 0.3) is 5.91 Å². The van der Waals surface area contributed by atoms with Crippen LogP contribution in [-0.4, -0.2) is 57.9 Å². The van der Waals surface area contributed by atoms with Gasteiger partial charge in [0.2, 0.25) is 5.91 Å². The Kier molecular flexibility index (Phi) is 6.63. The maximum atomic E-state index is 12.1. The number of nitrogens with one attached hydrogen (secondary N) is 2. The molecule has 0 radical (unpaired) electrons. The Morgan fingerprint density at radius 2 is 1.78 bits per heavy atom. The summed E-state index contributed by atoms with van der Waals surface area (Å²) >= 11 is 0. The Labute approximate surface area is 184 Å². The molecule has 2 aromatic carbocycles. The maximum Gasteiger partial charge on any atom is 0.264 e. The van der Waals surface area contributed by atoms with E-state index in [1.54, 1.807) is 23.0 Å². The van der Waals surface area contributed by atoms with Gasteiger partial charge in [0.15, 0.2) is 14.6 Å². The predicted molar refractivity (Wildman–Crippen MR) is 119 cm³/mol. The molecular weight excluding hydrogens is 436 g/mol. The number of carbonyl (C=O) groups excluding carboxylic acids is 2. The number of amides is 2. The van der Waals surface area contributed by atoms with Crippen LogP contribution in [0.4, 0.5) is 5.69 Å². The van der Waals surface area contributed by atoms with E-state index in [9.17, 15) is 18.0 Å². The first kappa shape index (κ1) is 23.4. The van der Waals surface area contributed by atoms with Gasteiger partial charge in [-0.05, 0) is 48.7 Å². The summed E-state index contributed by atoms with van der Waals surface area (Å²) in [5, 5.41) is 25.6. The number of nitrogens with zero attached hydrogens (tertiary/aromatic N) is 2. The number of anilines is 1. The molecule has 0 saturated carbocycles. The lowest BCUT2D eigenvalue weighted by molar-refractivity contribution is -0.131. The fourth-order valence-electron chi connectivity index (χ4n) is 3.23. The summed E-state index contributed by atoms with van der Waals surface area (Å²) in [6.07, 6.45) is 2.64. The standard InChI is InChI=1S/C21H24N4O6S/c1-21(20(28)24-29,32(2,30)31)9-10-25-12-16-11-15(5-8-18(16)23-25)14-3-6-17(7-4-14)22-19(27)13-26/h3-8,11-12,26,29H,9-10,13H2,1-2H3,(H,22,27)(H,24,28)/t21-/m1/s1. The summed E-state index contributed by atoms with van der Waals surface area (Å²) in [4.78, 5) is 23.2. The Balaban J connectivity index is 1.80. The Morgan fingerprint density at radius 3 is 2.38 bits per heavy atom. The largest absolute Gasteiger partial charge is 0.387 e. The molecule has 0 fully saturated rings. The number of aliphatic hydroxyl groups excluding tert-OH is 1. The topological polar surface area (TPSA) is 151 Å². The Bertz CT molecular complexity index is 1250. The molecule has 0 unspecified atom stereocenters. The number of aromatic nitrogens is 2. The van der Waals surface area contributed by atoms with E-state index in [1.165, 1.54) is 12.4 Å². The van der Waals surface area contributed by atoms with Crippen LogP contribution < -0.4 is 10.8 Å². The van der Waals surface area contributed by atoms with Gasteiger partial charge in [-0.3, -0.25) is 19.5 Å². The van der Waals surface area contributed by atoms with E-state index in [-0.39, 0.29) is 13.0 Å². The van der Waals surface area contributed by atoms with Gasteiger partial charge in [0.05, 0.1) is 5.52 Å². The molecule has 0 bridgehead atoms. The van der Waals surface area contributed by atoms with E-state index in [1.807, 2.05) is 30.3 Å². The lowest BCUT2D eigenvalue weighted by Crippen LogP contribution is -2.49. The molecule has 2 amide bonds. The first-order valence-corrected chi connectivity index (χ1v) is 11.6. The molecule has 0 aliphatic heterocycles. The van der Waals surface area contributed by atoms with Crippen LogP contribution in [0.25, 0.3) is 22.0 Å². The molecule has 3 rings (SSSR count). The van der Waals surface area contributed by atoms with Crippen LogP contribution >= 0.6 is 0 Å². The summed E-state index contributed by atoms with van der Waals surface area (Å²) in [5.74, 6) is -1.48. The van der Waals surface area contributed by atoms with Gasteiger partial charge in [-0.1, -0.05) is 18.2 Å². The zero-order valence-electron chi connectivity index (χ0n) is 17.6.